The van der Waals surface area contributed by atoms with Gasteiger partial charge in [-0.2, -0.15) is 0 Å². The van der Waals surface area contributed by atoms with Crippen molar-refractivity contribution in [2.75, 3.05) is 32.2 Å². The highest BCUT2D eigenvalue weighted by atomic mass is 79.9. The lowest BCUT2D eigenvalue weighted by molar-refractivity contribution is -0.115. The summed E-state index contributed by atoms with van der Waals surface area (Å²) in [5.41, 5.74) is 0.0756. The zero-order valence-corrected chi connectivity index (χ0v) is 13.8. The van der Waals surface area contributed by atoms with Crippen LogP contribution in [0.15, 0.2) is 16.6 Å². The number of halogens is 3. The Hall–Kier alpha value is -0.720. The lowest BCUT2D eigenvalue weighted by Crippen LogP contribution is -2.36. The summed E-state index contributed by atoms with van der Waals surface area (Å²) in [5.74, 6) is -0.591. The summed E-state index contributed by atoms with van der Waals surface area (Å²) in [5, 5.41) is 0. The van der Waals surface area contributed by atoms with Crippen molar-refractivity contribution in [3.05, 3.63) is 28.2 Å². The van der Waals surface area contributed by atoms with Gasteiger partial charge in [-0.25, -0.2) is 8.78 Å². The maximum atomic E-state index is 14.0. The molecular formula is C15H20BrF2NO2. The van der Waals surface area contributed by atoms with E-state index in [4.69, 9.17) is 9.47 Å². The molecule has 1 aromatic carbocycles. The highest BCUT2D eigenvalue weighted by Crippen LogP contribution is 2.31. The van der Waals surface area contributed by atoms with E-state index < -0.39 is 11.6 Å². The molecule has 0 atom stereocenters. The van der Waals surface area contributed by atoms with Crippen molar-refractivity contribution in [2.24, 2.45) is 5.92 Å². The first-order chi connectivity index (χ1) is 10.0. The average molecular weight is 364 g/mol. The van der Waals surface area contributed by atoms with Crippen molar-refractivity contribution in [1.29, 1.82) is 0 Å². The first kappa shape index (κ1) is 16.6. The fraction of sp³-hybridized carbons (Fsp3) is 0.600. The standard InChI is InChI=1S/C15H20BrF2NO2/c1-20-14(21-2)7-10-3-5-19(6-4-10)15-12(17)8-11(16)9-13(15)18/h8-10,14H,3-7H2,1-2H3. The van der Waals surface area contributed by atoms with Gasteiger partial charge >= 0.3 is 0 Å². The number of hydrogen-bond donors (Lipinski definition) is 0. The van der Waals surface area contributed by atoms with Crippen molar-refractivity contribution in [3.8, 4) is 0 Å². The van der Waals surface area contributed by atoms with E-state index >= 15 is 0 Å². The first-order valence-electron chi connectivity index (χ1n) is 7.00. The maximum Gasteiger partial charge on any atom is 0.157 e. The number of benzene rings is 1. The molecule has 1 heterocycles. The Kier molecular flexibility index (Phi) is 5.96. The lowest BCUT2D eigenvalue weighted by atomic mass is 9.93. The molecule has 0 bridgehead atoms. The molecule has 1 aliphatic heterocycles. The number of piperidine rings is 1. The predicted molar refractivity (Wildman–Crippen MR) is 81.4 cm³/mol. The van der Waals surface area contributed by atoms with Crippen LogP contribution >= 0.6 is 15.9 Å². The van der Waals surface area contributed by atoms with Crippen LogP contribution in [0, 0.1) is 17.6 Å². The summed E-state index contributed by atoms with van der Waals surface area (Å²) in [6, 6.07) is 2.60. The number of hydrogen-bond acceptors (Lipinski definition) is 3. The van der Waals surface area contributed by atoms with Gasteiger partial charge in [-0.1, -0.05) is 15.9 Å². The fourth-order valence-electron chi connectivity index (χ4n) is 2.79. The number of anilines is 1. The van der Waals surface area contributed by atoms with Crippen molar-refractivity contribution in [3.63, 3.8) is 0 Å². The van der Waals surface area contributed by atoms with Gasteiger partial charge < -0.3 is 14.4 Å². The van der Waals surface area contributed by atoms with Crippen molar-refractivity contribution in [1.82, 2.24) is 0 Å². The molecule has 1 fully saturated rings. The van der Waals surface area contributed by atoms with Crippen LogP contribution in [-0.4, -0.2) is 33.6 Å². The molecule has 0 N–H and O–H groups in total. The van der Waals surface area contributed by atoms with Gasteiger partial charge in [0.05, 0.1) is 0 Å². The monoisotopic (exact) mass is 363 g/mol. The summed E-state index contributed by atoms with van der Waals surface area (Å²) in [6.45, 7) is 1.28. The largest absolute Gasteiger partial charge is 0.367 e. The Morgan fingerprint density at radius 2 is 1.71 bits per heavy atom. The van der Waals surface area contributed by atoms with E-state index in [0.717, 1.165) is 19.3 Å². The number of methoxy groups -OCH3 is 2. The van der Waals surface area contributed by atoms with Gasteiger partial charge in [-0.3, -0.25) is 0 Å². The third-order valence-electron chi connectivity index (χ3n) is 3.96. The van der Waals surface area contributed by atoms with Crippen molar-refractivity contribution in [2.45, 2.75) is 25.6 Å². The third-order valence-corrected chi connectivity index (χ3v) is 4.42. The molecular weight excluding hydrogens is 344 g/mol. The molecule has 0 radical (unpaired) electrons. The van der Waals surface area contributed by atoms with Crippen molar-refractivity contribution >= 4 is 21.6 Å². The van der Waals surface area contributed by atoms with Crippen LogP contribution in [0.4, 0.5) is 14.5 Å². The second-order valence-electron chi connectivity index (χ2n) is 5.29. The topological polar surface area (TPSA) is 21.7 Å². The summed E-state index contributed by atoms with van der Waals surface area (Å²) >= 11 is 3.10. The van der Waals surface area contributed by atoms with E-state index in [-0.39, 0.29) is 12.0 Å². The molecule has 0 unspecified atom stereocenters. The highest BCUT2D eigenvalue weighted by molar-refractivity contribution is 9.10. The number of rotatable bonds is 5. The van der Waals surface area contributed by atoms with E-state index in [2.05, 4.69) is 15.9 Å². The van der Waals surface area contributed by atoms with Crippen LogP contribution < -0.4 is 4.90 Å². The van der Waals surface area contributed by atoms with E-state index in [9.17, 15) is 8.78 Å². The van der Waals surface area contributed by atoms with Gasteiger partial charge in [-0.15, -0.1) is 0 Å². The summed E-state index contributed by atoms with van der Waals surface area (Å²) in [4.78, 5) is 1.78. The Bertz CT molecular complexity index is 452. The molecule has 1 aromatic rings. The van der Waals surface area contributed by atoms with Crippen LogP contribution in [0.5, 0.6) is 0 Å². The second kappa shape index (κ2) is 7.51. The van der Waals surface area contributed by atoms with Crippen LogP contribution in [0.3, 0.4) is 0 Å². The molecule has 118 valence electrons. The molecule has 3 nitrogen and oxygen atoms in total. The molecule has 2 rings (SSSR count). The minimum atomic E-state index is -0.521. The summed E-state index contributed by atoms with van der Waals surface area (Å²) in [6.07, 6.45) is 2.35. The Labute approximate surface area is 132 Å². The van der Waals surface area contributed by atoms with E-state index in [0.29, 0.717) is 23.5 Å². The zero-order valence-electron chi connectivity index (χ0n) is 12.2. The molecule has 0 aliphatic carbocycles. The summed E-state index contributed by atoms with van der Waals surface area (Å²) < 4.78 is 38.7. The van der Waals surface area contributed by atoms with E-state index in [1.807, 2.05) is 0 Å². The van der Waals surface area contributed by atoms with Gasteiger partial charge in [0.2, 0.25) is 0 Å². The zero-order chi connectivity index (χ0) is 15.4. The molecule has 0 spiro atoms. The van der Waals surface area contributed by atoms with Crippen LogP contribution in [0.25, 0.3) is 0 Å². The Morgan fingerprint density at radius 3 is 2.19 bits per heavy atom. The first-order valence-corrected chi connectivity index (χ1v) is 7.79. The quantitative estimate of drug-likeness (QED) is 0.739. The van der Waals surface area contributed by atoms with Gasteiger partial charge in [-0.05, 0) is 30.9 Å². The van der Waals surface area contributed by atoms with Crippen LogP contribution in [0.2, 0.25) is 0 Å². The van der Waals surface area contributed by atoms with E-state index in [1.165, 1.54) is 12.1 Å². The predicted octanol–water partition coefficient (Wildman–Crippen LogP) is 3.95. The number of ether oxygens (including phenoxy) is 2. The average Bonchev–Trinajstić information content (AvgIpc) is 2.45. The van der Waals surface area contributed by atoms with Gasteiger partial charge in [0.15, 0.2) is 17.9 Å². The minimum absolute atomic E-state index is 0.0756. The molecule has 1 aliphatic rings. The van der Waals surface area contributed by atoms with Crippen molar-refractivity contribution < 1.29 is 18.3 Å². The van der Waals surface area contributed by atoms with E-state index in [1.54, 1.807) is 19.1 Å². The second-order valence-corrected chi connectivity index (χ2v) is 6.20. The molecule has 1 saturated heterocycles. The van der Waals surface area contributed by atoms with Gasteiger partial charge in [0, 0.05) is 38.2 Å². The van der Waals surface area contributed by atoms with Crippen LogP contribution in [-0.2, 0) is 9.47 Å². The normalized spacial score (nSPS) is 16.8. The Balaban J connectivity index is 1.98. The molecule has 0 aromatic heterocycles. The SMILES string of the molecule is COC(CC1CCN(c2c(F)cc(Br)cc2F)CC1)OC. The lowest BCUT2D eigenvalue weighted by Gasteiger charge is -2.34. The molecule has 21 heavy (non-hydrogen) atoms. The number of nitrogens with zero attached hydrogens (tertiary/aromatic N) is 1. The Morgan fingerprint density at radius 1 is 1.19 bits per heavy atom. The molecule has 6 heteroatoms. The molecule has 0 amide bonds. The van der Waals surface area contributed by atoms with Crippen LogP contribution in [0.1, 0.15) is 19.3 Å². The van der Waals surface area contributed by atoms with Gasteiger partial charge in [0.1, 0.15) is 5.69 Å². The fourth-order valence-corrected chi connectivity index (χ4v) is 3.19. The maximum absolute atomic E-state index is 14.0. The van der Waals surface area contributed by atoms with Gasteiger partial charge in [0.25, 0.3) is 0 Å². The third kappa shape index (κ3) is 4.14. The minimum Gasteiger partial charge on any atom is -0.367 e. The smallest absolute Gasteiger partial charge is 0.157 e. The molecule has 0 saturated carbocycles. The highest BCUT2D eigenvalue weighted by Gasteiger charge is 2.25. The summed E-state index contributed by atoms with van der Waals surface area (Å²) in [7, 11) is 3.24.